The van der Waals surface area contributed by atoms with E-state index >= 15 is 0 Å². The fourth-order valence-corrected chi connectivity index (χ4v) is 2.95. The van der Waals surface area contributed by atoms with Gasteiger partial charge in [-0.2, -0.15) is 0 Å². The summed E-state index contributed by atoms with van der Waals surface area (Å²) in [5, 5.41) is 9.27. The summed E-state index contributed by atoms with van der Waals surface area (Å²) < 4.78 is 10.8. The fourth-order valence-electron chi connectivity index (χ4n) is 2.95. The number of hydrogen-bond donors (Lipinski definition) is 1. The molecule has 1 fully saturated rings. The molecular weight excluding hydrogens is 286 g/mol. The van der Waals surface area contributed by atoms with Gasteiger partial charge in [0, 0.05) is 12.1 Å². The highest BCUT2D eigenvalue weighted by Gasteiger charge is 2.39. The number of benzene rings is 1. The van der Waals surface area contributed by atoms with Crippen LogP contribution >= 0.6 is 0 Å². The average Bonchev–Trinajstić information content (AvgIpc) is 2.89. The van der Waals surface area contributed by atoms with Gasteiger partial charge in [0.15, 0.2) is 6.04 Å². The molecule has 1 aromatic carbocycles. The number of aliphatic carboxylic acids is 1. The van der Waals surface area contributed by atoms with Gasteiger partial charge in [-0.15, -0.1) is 0 Å². The third kappa shape index (κ3) is 2.43. The van der Waals surface area contributed by atoms with Crippen LogP contribution in [-0.4, -0.2) is 54.3 Å². The predicted octanol–water partition coefficient (Wildman–Crippen LogP) is 1.09. The molecule has 3 rings (SSSR count). The van der Waals surface area contributed by atoms with Gasteiger partial charge < -0.3 is 19.5 Å². The number of nitrogens with zero attached hydrogens (tertiary/aromatic N) is 1. The summed E-state index contributed by atoms with van der Waals surface area (Å²) in [7, 11) is 0. The Morgan fingerprint density at radius 1 is 1.23 bits per heavy atom. The Labute approximate surface area is 128 Å². The number of carboxylic acids is 1. The van der Waals surface area contributed by atoms with E-state index in [0.717, 1.165) is 22.4 Å². The zero-order chi connectivity index (χ0) is 15.9. The van der Waals surface area contributed by atoms with Crippen LogP contribution in [0.4, 0.5) is 0 Å². The molecule has 2 heterocycles. The maximum absolute atomic E-state index is 12.8. The van der Waals surface area contributed by atoms with Crippen molar-refractivity contribution >= 4 is 11.9 Å². The largest absolute Gasteiger partial charge is 0.492 e. The number of amides is 1. The molecule has 1 aromatic rings. The van der Waals surface area contributed by atoms with Gasteiger partial charge >= 0.3 is 5.97 Å². The number of carbonyl (C=O) groups is 2. The molecule has 6 heteroatoms. The van der Waals surface area contributed by atoms with Crippen molar-refractivity contribution in [1.29, 1.82) is 0 Å². The van der Waals surface area contributed by atoms with Gasteiger partial charge in [0.2, 0.25) is 5.91 Å². The number of hydrogen-bond acceptors (Lipinski definition) is 4. The van der Waals surface area contributed by atoms with Crippen molar-refractivity contribution < 1.29 is 24.2 Å². The molecule has 2 atom stereocenters. The van der Waals surface area contributed by atoms with Crippen molar-refractivity contribution in [3.05, 3.63) is 28.8 Å². The molecule has 0 aromatic heterocycles. The molecule has 0 spiro atoms. The van der Waals surface area contributed by atoms with E-state index in [2.05, 4.69) is 0 Å². The van der Waals surface area contributed by atoms with Crippen molar-refractivity contribution in [2.45, 2.75) is 25.8 Å². The van der Waals surface area contributed by atoms with E-state index in [1.165, 1.54) is 4.90 Å². The number of fused-ring (bicyclic) bond motifs is 1. The normalized spacial score (nSPS) is 23.8. The Morgan fingerprint density at radius 3 is 2.68 bits per heavy atom. The van der Waals surface area contributed by atoms with Crippen LogP contribution < -0.4 is 4.74 Å². The van der Waals surface area contributed by atoms with Crippen LogP contribution in [0.2, 0.25) is 0 Å². The van der Waals surface area contributed by atoms with Gasteiger partial charge in [-0.05, 0) is 31.0 Å². The molecule has 0 aliphatic carbocycles. The SMILES string of the molecule is Cc1cc2c(cc1C)[C@@H](C(=O)N1CCOC[C@H]1C(=O)O)CO2. The van der Waals surface area contributed by atoms with Crippen LogP contribution in [0.3, 0.4) is 0 Å². The molecule has 1 amide bonds. The van der Waals surface area contributed by atoms with Gasteiger partial charge in [0.25, 0.3) is 0 Å². The first-order chi connectivity index (χ1) is 10.5. The summed E-state index contributed by atoms with van der Waals surface area (Å²) in [5.41, 5.74) is 3.06. The van der Waals surface area contributed by atoms with E-state index in [4.69, 9.17) is 9.47 Å². The Kier molecular flexibility index (Phi) is 3.78. The molecule has 1 N–H and O–H groups in total. The summed E-state index contributed by atoms with van der Waals surface area (Å²) >= 11 is 0. The smallest absolute Gasteiger partial charge is 0.328 e. The predicted molar refractivity (Wildman–Crippen MR) is 78.1 cm³/mol. The summed E-state index contributed by atoms with van der Waals surface area (Å²) in [6, 6.07) is 2.99. The van der Waals surface area contributed by atoms with Crippen LogP contribution in [0.1, 0.15) is 22.6 Å². The number of carbonyl (C=O) groups excluding carboxylic acids is 1. The third-order valence-electron chi connectivity index (χ3n) is 4.40. The summed E-state index contributed by atoms with van der Waals surface area (Å²) in [5.74, 6) is -0.944. The minimum atomic E-state index is -1.03. The van der Waals surface area contributed by atoms with Gasteiger partial charge in [-0.3, -0.25) is 4.79 Å². The van der Waals surface area contributed by atoms with Gasteiger partial charge in [-0.1, -0.05) is 6.07 Å². The first-order valence-electron chi connectivity index (χ1n) is 7.34. The third-order valence-corrected chi connectivity index (χ3v) is 4.40. The first kappa shape index (κ1) is 14.8. The van der Waals surface area contributed by atoms with Crippen molar-refractivity contribution in [1.82, 2.24) is 4.90 Å². The summed E-state index contributed by atoms with van der Waals surface area (Å²) in [4.78, 5) is 25.5. The highest BCUT2D eigenvalue weighted by Crippen LogP contribution is 2.37. The van der Waals surface area contributed by atoms with Crippen molar-refractivity contribution in [2.24, 2.45) is 0 Å². The molecule has 2 aliphatic heterocycles. The monoisotopic (exact) mass is 305 g/mol. The second-order valence-electron chi connectivity index (χ2n) is 5.80. The van der Waals surface area contributed by atoms with E-state index in [0.29, 0.717) is 13.2 Å². The number of ether oxygens (including phenoxy) is 2. The molecule has 1 saturated heterocycles. The van der Waals surface area contributed by atoms with Crippen molar-refractivity contribution in [3.8, 4) is 5.75 Å². The minimum Gasteiger partial charge on any atom is -0.492 e. The quantitative estimate of drug-likeness (QED) is 0.885. The van der Waals surface area contributed by atoms with E-state index in [9.17, 15) is 14.7 Å². The summed E-state index contributed by atoms with van der Waals surface area (Å²) in [6.45, 7) is 4.95. The Hall–Kier alpha value is -2.08. The molecule has 0 radical (unpaired) electrons. The van der Waals surface area contributed by atoms with E-state index in [1.807, 2.05) is 26.0 Å². The van der Waals surface area contributed by atoms with Crippen LogP contribution in [-0.2, 0) is 14.3 Å². The van der Waals surface area contributed by atoms with E-state index in [1.54, 1.807) is 0 Å². The molecule has 22 heavy (non-hydrogen) atoms. The van der Waals surface area contributed by atoms with Crippen LogP contribution in [0.25, 0.3) is 0 Å². The average molecular weight is 305 g/mol. The van der Waals surface area contributed by atoms with Gasteiger partial charge in [-0.25, -0.2) is 4.79 Å². The van der Waals surface area contributed by atoms with Crippen LogP contribution in [0.5, 0.6) is 5.75 Å². The number of morpholine rings is 1. The topological polar surface area (TPSA) is 76.1 Å². The standard InChI is InChI=1S/C16H19NO5/c1-9-5-11-12(7-22-14(11)6-10(9)2)15(18)17-3-4-21-8-13(17)16(19)20/h5-6,12-13H,3-4,7-8H2,1-2H3,(H,19,20)/t12-,13-/m0/s1. The van der Waals surface area contributed by atoms with Crippen LogP contribution in [0.15, 0.2) is 12.1 Å². The molecule has 0 saturated carbocycles. The fraction of sp³-hybridized carbons (Fsp3) is 0.500. The first-order valence-corrected chi connectivity index (χ1v) is 7.34. The Bertz CT molecular complexity index is 627. The number of carboxylic acid groups (broad SMARTS) is 1. The molecule has 2 aliphatic rings. The zero-order valence-corrected chi connectivity index (χ0v) is 12.7. The van der Waals surface area contributed by atoms with Crippen molar-refractivity contribution in [3.63, 3.8) is 0 Å². The molecule has 0 unspecified atom stereocenters. The summed E-state index contributed by atoms with van der Waals surface area (Å²) in [6.07, 6.45) is 0. The lowest BCUT2D eigenvalue weighted by molar-refractivity contribution is -0.159. The van der Waals surface area contributed by atoms with Gasteiger partial charge in [0.1, 0.15) is 18.3 Å². The lowest BCUT2D eigenvalue weighted by Crippen LogP contribution is -2.54. The Morgan fingerprint density at radius 2 is 1.95 bits per heavy atom. The highest BCUT2D eigenvalue weighted by atomic mass is 16.5. The van der Waals surface area contributed by atoms with Gasteiger partial charge in [0.05, 0.1) is 13.2 Å². The molecular formula is C16H19NO5. The molecule has 118 valence electrons. The number of aryl methyl sites for hydroxylation is 2. The number of rotatable bonds is 2. The van der Waals surface area contributed by atoms with E-state index in [-0.39, 0.29) is 19.1 Å². The van der Waals surface area contributed by atoms with E-state index < -0.39 is 17.9 Å². The zero-order valence-electron chi connectivity index (χ0n) is 12.7. The second-order valence-corrected chi connectivity index (χ2v) is 5.80. The maximum atomic E-state index is 12.8. The Balaban J connectivity index is 1.88. The van der Waals surface area contributed by atoms with Crippen LogP contribution in [0, 0.1) is 13.8 Å². The van der Waals surface area contributed by atoms with Crippen molar-refractivity contribution in [2.75, 3.05) is 26.4 Å². The highest BCUT2D eigenvalue weighted by molar-refractivity contribution is 5.89. The minimum absolute atomic E-state index is 0.0361. The second kappa shape index (κ2) is 5.61. The lowest BCUT2D eigenvalue weighted by Gasteiger charge is -2.34. The maximum Gasteiger partial charge on any atom is 0.328 e. The molecule has 6 nitrogen and oxygen atoms in total. The molecule has 0 bridgehead atoms. The lowest BCUT2D eigenvalue weighted by atomic mass is 9.95.